The first kappa shape index (κ1) is 13.3. The van der Waals surface area contributed by atoms with Crippen molar-refractivity contribution in [3.8, 4) is 0 Å². The Bertz CT molecular complexity index is 800. The average Bonchev–Trinajstić information content (AvgIpc) is 2.89. The third kappa shape index (κ3) is 2.25. The van der Waals surface area contributed by atoms with Gasteiger partial charge in [0.2, 0.25) is 0 Å². The number of rotatable bonds is 3. The first-order chi connectivity index (χ1) is 10.7. The van der Waals surface area contributed by atoms with E-state index in [1.165, 1.54) is 0 Å². The highest BCUT2D eigenvalue weighted by atomic mass is 35.5. The number of oxazole rings is 1. The molecule has 3 heterocycles. The summed E-state index contributed by atoms with van der Waals surface area (Å²) in [5.74, 6) is 0.900. The van der Waals surface area contributed by atoms with Crippen molar-refractivity contribution in [2.75, 3.05) is 29.9 Å². The zero-order chi connectivity index (χ0) is 15.1. The van der Waals surface area contributed by atoms with E-state index < -0.39 is 0 Å². The van der Waals surface area contributed by atoms with Crippen LogP contribution in [0.2, 0.25) is 5.02 Å². The lowest BCUT2D eigenvalue weighted by Gasteiger charge is -2.43. The molecule has 2 aromatic heterocycles. The molecule has 7 heteroatoms. The minimum atomic E-state index is 0.338. The fraction of sp³-hybridized carbons (Fsp3) is 0.267. The maximum atomic E-state index is 5.98. The summed E-state index contributed by atoms with van der Waals surface area (Å²) in [4.78, 5) is 17.1. The molecule has 1 aromatic carbocycles. The first-order valence-electron chi connectivity index (χ1n) is 7.00. The Kier molecular flexibility index (Phi) is 3.11. The molecule has 0 radical (unpaired) electrons. The summed E-state index contributed by atoms with van der Waals surface area (Å²) in [5.41, 5.74) is 1.52. The molecule has 0 unspecified atom stereocenters. The van der Waals surface area contributed by atoms with Gasteiger partial charge in [0, 0.05) is 37.6 Å². The highest BCUT2D eigenvalue weighted by Gasteiger charge is 2.33. The minimum Gasteiger partial charge on any atom is -0.423 e. The molecule has 0 saturated carbocycles. The Hall–Kier alpha value is -2.34. The van der Waals surface area contributed by atoms with Crippen LogP contribution in [0.15, 0.2) is 41.2 Å². The van der Waals surface area contributed by atoms with Gasteiger partial charge in [-0.15, -0.1) is 0 Å². The van der Waals surface area contributed by atoms with Crippen LogP contribution in [0.5, 0.6) is 0 Å². The predicted octanol–water partition coefficient (Wildman–Crippen LogP) is 2.60. The summed E-state index contributed by atoms with van der Waals surface area (Å²) in [6.07, 6.45) is 5.16. The van der Waals surface area contributed by atoms with Crippen LogP contribution in [0, 0.1) is 0 Å². The molecule has 0 N–H and O–H groups in total. The number of fused-ring (bicyclic) bond motifs is 1. The molecule has 6 nitrogen and oxygen atoms in total. The van der Waals surface area contributed by atoms with Gasteiger partial charge in [-0.05, 0) is 18.2 Å². The maximum Gasteiger partial charge on any atom is 0.298 e. The third-order valence-electron chi connectivity index (χ3n) is 3.92. The van der Waals surface area contributed by atoms with Gasteiger partial charge in [0.05, 0.1) is 12.2 Å². The second-order valence-corrected chi connectivity index (χ2v) is 5.78. The molecule has 3 aromatic rings. The largest absolute Gasteiger partial charge is 0.423 e. The van der Waals surface area contributed by atoms with Crippen LogP contribution in [0.3, 0.4) is 0 Å². The van der Waals surface area contributed by atoms with Crippen LogP contribution in [-0.4, -0.2) is 41.1 Å². The zero-order valence-corrected chi connectivity index (χ0v) is 12.7. The van der Waals surface area contributed by atoms with Gasteiger partial charge in [0.15, 0.2) is 5.58 Å². The molecule has 0 spiro atoms. The van der Waals surface area contributed by atoms with Crippen molar-refractivity contribution in [2.24, 2.45) is 0 Å². The highest BCUT2D eigenvalue weighted by Crippen LogP contribution is 2.28. The first-order valence-corrected chi connectivity index (χ1v) is 7.38. The molecule has 1 fully saturated rings. The highest BCUT2D eigenvalue weighted by molar-refractivity contribution is 6.31. The second-order valence-electron chi connectivity index (χ2n) is 5.34. The summed E-state index contributed by atoms with van der Waals surface area (Å²) in [7, 11) is 1.99. The van der Waals surface area contributed by atoms with E-state index in [-0.39, 0.29) is 0 Å². The van der Waals surface area contributed by atoms with Gasteiger partial charge in [-0.3, -0.25) is 4.98 Å². The molecule has 1 aliphatic rings. The van der Waals surface area contributed by atoms with Crippen molar-refractivity contribution >= 4 is 34.5 Å². The quantitative estimate of drug-likeness (QED) is 0.740. The minimum absolute atomic E-state index is 0.338. The summed E-state index contributed by atoms with van der Waals surface area (Å²) in [6, 6.07) is 6.41. The molecule has 1 saturated heterocycles. The molecule has 112 valence electrons. The van der Waals surface area contributed by atoms with Gasteiger partial charge in [-0.25, -0.2) is 4.98 Å². The Morgan fingerprint density at radius 2 is 2.18 bits per heavy atom. The van der Waals surface area contributed by atoms with Crippen molar-refractivity contribution < 1.29 is 4.42 Å². The van der Waals surface area contributed by atoms with Gasteiger partial charge >= 0.3 is 0 Å². The number of likely N-dealkylation sites (N-methyl/N-ethyl adjacent to an activating group) is 1. The Balaban J connectivity index is 1.49. The van der Waals surface area contributed by atoms with E-state index in [1.807, 2.05) is 19.2 Å². The van der Waals surface area contributed by atoms with Crippen LogP contribution in [0.25, 0.3) is 11.1 Å². The number of anilines is 2. The smallest absolute Gasteiger partial charge is 0.298 e. The average molecular weight is 316 g/mol. The van der Waals surface area contributed by atoms with Crippen LogP contribution in [0.1, 0.15) is 0 Å². The Morgan fingerprint density at radius 3 is 2.95 bits per heavy atom. The van der Waals surface area contributed by atoms with Gasteiger partial charge in [-0.2, -0.15) is 4.98 Å². The molecule has 1 aliphatic heterocycles. The van der Waals surface area contributed by atoms with Crippen molar-refractivity contribution in [1.29, 1.82) is 0 Å². The van der Waals surface area contributed by atoms with Crippen molar-refractivity contribution in [3.05, 3.63) is 41.8 Å². The molecular weight excluding hydrogens is 302 g/mol. The van der Waals surface area contributed by atoms with E-state index in [0.29, 0.717) is 17.1 Å². The van der Waals surface area contributed by atoms with E-state index in [1.54, 1.807) is 24.7 Å². The molecule has 0 bridgehead atoms. The van der Waals surface area contributed by atoms with E-state index in [0.717, 1.165) is 30.0 Å². The monoisotopic (exact) mass is 315 g/mol. The summed E-state index contributed by atoms with van der Waals surface area (Å²) >= 11 is 5.98. The lowest BCUT2D eigenvalue weighted by atomic mass is 10.1. The van der Waals surface area contributed by atoms with Crippen LogP contribution < -0.4 is 9.80 Å². The van der Waals surface area contributed by atoms with Crippen LogP contribution in [0.4, 0.5) is 11.8 Å². The zero-order valence-electron chi connectivity index (χ0n) is 12.0. The summed E-state index contributed by atoms with van der Waals surface area (Å²) in [5, 5.41) is 0.660. The number of halogens is 1. The molecule has 0 atom stereocenters. The van der Waals surface area contributed by atoms with Gasteiger partial charge < -0.3 is 14.2 Å². The Labute approximate surface area is 132 Å². The van der Waals surface area contributed by atoms with E-state index in [4.69, 9.17) is 16.0 Å². The number of hydrogen-bond acceptors (Lipinski definition) is 6. The second kappa shape index (κ2) is 5.14. The number of hydrogen-bond donors (Lipinski definition) is 0. The lowest BCUT2D eigenvalue weighted by Crippen LogP contribution is -2.59. The summed E-state index contributed by atoms with van der Waals surface area (Å²) in [6.45, 7) is 1.74. The van der Waals surface area contributed by atoms with E-state index in [2.05, 4.69) is 24.8 Å². The van der Waals surface area contributed by atoms with E-state index >= 15 is 0 Å². The molecule has 0 amide bonds. The van der Waals surface area contributed by atoms with E-state index in [9.17, 15) is 0 Å². The van der Waals surface area contributed by atoms with Crippen molar-refractivity contribution in [2.45, 2.75) is 6.04 Å². The maximum absolute atomic E-state index is 5.98. The lowest BCUT2D eigenvalue weighted by molar-refractivity contribution is 0.457. The molecule has 4 rings (SSSR count). The van der Waals surface area contributed by atoms with Crippen LogP contribution in [-0.2, 0) is 0 Å². The Morgan fingerprint density at radius 1 is 1.32 bits per heavy atom. The van der Waals surface area contributed by atoms with Crippen molar-refractivity contribution in [1.82, 2.24) is 15.0 Å². The normalized spacial score (nSPS) is 15.1. The van der Waals surface area contributed by atoms with Gasteiger partial charge in [0.25, 0.3) is 6.01 Å². The summed E-state index contributed by atoms with van der Waals surface area (Å²) < 4.78 is 5.79. The SMILES string of the molecule is CN(c1nc2cc(Cl)ccc2o1)C1CN(c2cnccn2)C1. The number of nitrogens with zero attached hydrogens (tertiary/aromatic N) is 5. The fourth-order valence-electron chi connectivity index (χ4n) is 2.54. The third-order valence-corrected chi connectivity index (χ3v) is 4.16. The standard InChI is InChI=1S/C15H14ClN5O/c1-20(11-8-21(9-11)14-7-17-4-5-18-14)15-19-12-6-10(16)2-3-13(12)22-15/h2-7,11H,8-9H2,1H3. The van der Waals surface area contributed by atoms with Crippen molar-refractivity contribution in [3.63, 3.8) is 0 Å². The number of benzene rings is 1. The van der Waals surface area contributed by atoms with Crippen LogP contribution >= 0.6 is 11.6 Å². The van der Waals surface area contributed by atoms with Gasteiger partial charge in [-0.1, -0.05) is 11.6 Å². The molecular formula is C15H14ClN5O. The molecule has 0 aliphatic carbocycles. The molecule has 22 heavy (non-hydrogen) atoms. The predicted molar refractivity (Wildman–Crippen MR) is 85.5 cm³/mol. The fourth-order valence-corrected chi connectivity index (χ4v) is 2.70. The number of aromatic nitrogens is 3. The van der Waals surface area contributed by atoms with Gasteiger partial charge in [0.1, 0.15) is 11.3 Å². The topological polar surface area (TPSA) is 58.3 Å².